The SMILES string of the molecule is C=C(C)C(=O)OCCC[SiH2]OCC(Cl)Cl. The van der Waals surface area contributed by atoms with Crippen molar-refractivity contribution < 1.29 is 14.0 Å². The number of hydrogen-bond acceptors (Lipinski definition) is 3. The van der Waals surface area contributed by atoms with Crippen molar-refractivity contribution in [2.75, 3.05) is 13.2 Å². The highest BCUT2D eigenvalue weighted by atomic mass is 35.5. The Bertz CT molecular complexity index is 210. The molecule has 0 radical (unpaired) electrons. The molecular formula is C9H16Cl2O3Si. The van der Waals surface area contributed by atoms with E-state index in [-0.39, 0.29) is 5.97 Å². The summed E-state index contributed by atoms with van der Waals surface area (Å²) in [7, 11) is -0.578. The Balaban J connectivity index is 3.18. The van der Waals surface area contributed by atoms with Gasteiger partial charge in [0.1, 0.15) is 4.84 Å². The van der Waals surface area contributed by atoms with Gasteiger partial charge in [-0.2, -0.15) is 0 Å². The number of hydrogen-bond donors (Lipinski definition) is 0. The Kier molecular flexibility index (Phi) is 9.19. The predicted octanol–water partition coefficient (Wildman–Crippen LogP) is 1.82. The van der Waals surface area contributed by atoms with Gasteiger partial charge in [-0.05, 0) is 19.4 Å². The maximum absolute atomic E-state index is 10.9. The topological polar surface area (TPSA) is 35.5 Å². The molecule has 0 bridgehead atoms. The summed E-state index contributed by atoms with van der Waals surface area (Å²) in [6, 6.07) is 0.948. The van der Waals surface area contributed by atoms with E-state index in [9.17, 15) is 4.79 Å². The van der Waals surface area contributed by atoms with E-state index in [1.165, 1.54) is 0 Å². The van der Waals surface area contributed by atoms with Crippen LogP contribution in [-0.2, 0) is 14.0 Å². The highest BCUT2D eigenvalue weighted by Crippen LogP contribution is 2.02. The molecule has 0 atom stereocenters. The van der Waals surface area contributed by atoms with Gasteiger partial charge in [-0.1, -0.05) is 6.58 Å². The van der Waals surface area contributed by atoms with Crippen molar-refractivity contribution in [3.63, 3.8) is 0 Å². The monoisotopic (exact) mass is 270 g/mol. The molecule has 0 spiro atoms. The molecule has 6 heteroatoms. The molecular weight excluding hydrogens is 255 g/mol. The summed E-state index contributed by atoms with van der Waals surface area (Å²) in [6.45, 7) is 5.92. The Hall–Kier alpha value is -0.0331. The lowest BCUT2D eigenvalue weighted by Crippen LogP contribution is -2.09. The molecule has 15 heavy (non-hydrogen) atoms. The van der Waals surface area contributed by atoms with Crippen LogP contribution >= 0.6 is 23.2 Å². The number of rotatable bonds is 8. The molecule has 0 rings (SSSR count). The van der Waals surface area contributed by atoms with Gasteiger partial charge < -0.3 is 9.16 Å². The first-order valence-corrected chi connectivity index (χ1v) is 7.17. The number of alkyl halides is 2. The third-order valence-electron chi connectivity index (χ3n) is 1.51. The third kappa shape index (κ3) is 10.3. The zero-order valence-corrected chi connectivity index (χ0v) is 11.7. The smallest absolute Gasteiger partial charge is 0.333 e. The highest BCUT2D eigenvalue weighted by Gasteiger charge is 2.02. The Morgan fingerprint density at radius 2 is 2.20 bits per heavy atom. The molecule has 0 fully saturated rings. The summed E-state index contributed by atoms with van der Waals surface area (Å²) in [6.07, 6.45) is 0.820. The minimum absolute atomic E-state index is 0.334. The number of carbonyl (C=O) groups is 1. The van der Waals surface area contributed by atoms with Gasteiger partial charge in [-0.3, -0.25) is 0 Å². The first-order chi connectivity index (χ1) is 7.04. The van der Waals surface area contributed by atoms with E-state index in [4.69, 9.17) is 32.4 Å². The molecule has 0 aliphatic carbocycles. The standard InChI is InChI=1S/C9H16Cl2O3Si/c1-7(2)9(12)13-4-3-5-15-14-6-8(10)11/h8H,1,3-6,15H2,2H3. The number of esters is 1. The average Bonchev–Trinajstić information content (AvgIpc) is 2.15. The first kappa shape index (κ1) is 15.0. The maximum Gasteiger partial charge on any atom is 0.333 e. The van der Waals surface area contributed by atoms with Crippen molar-refractivity contribution in [1.82, 2.24) is 0 Å². The first-order valence-electron chi connectivity index (χ1n) is 4.72. The van der Waals surface area contributed by atoms with Gasteiger partial charge in [-0.15, -0.1) is 23.2 Å². The second-order valence-electron chi connectivity index (χ2n) is 3.09. The van der Waals surface area contributed by atoms with Crippen LogP contribution < -0.4 is 0 Å². The summed E-state index contributed by atoms with van der Waals surface area (Å²) in [5.74, 6) is -0.334. The molecule has 0 aromatic heterocycles. The van der Waals surface area contributed by atoms with E-state index >= 15 is 0 Å². The van der Waals surface area contributed by atoms with Crippen molar-refractivity contribution in [2.24, 2.45) is 0 Å². The molecule has 0 unspecified atom stereocenters. The van der Waals surface area contributed by atoms with Crippen LogP contribution in [0.25, 0.3) is 0 Å². The summed E-state index contributed by atoms with van der Waals surface area (Å²) >= 11 is 11.0. The molecule has 0 saturated heterocycles. The van der Waals surface area contributed by atoms with E-state index in [1.807, 2.05) is 0 Å². The molecule has 0 amide bonds. The van der Waals surface area contributed by atoms with Crippen molar-refractivity contribution in [3.05, 3.63) is 12.2 Å². The Labute approximate surface area is 103 Å². The van der Waals surface area contributed by atoms with Crippen LogP contribution in [0, 0.1) is 0 Å². The molecule has 0 N–H and O–H groups in total. The maximum atomic E-state index is 10.9. The summed E-state index contributed by atoms with van der Waals surface area (Å²) in [4.78, 5) is 10.5. The zero-order chi connectivity index (χ0) is 11.7. The van der Waals surface area contributed by atoms with Crippen LogP contribution in [-0.4, -0.2) is 33.8 Å². The summed E-state index contributed by atoms with van der Waals surface area (Å²) in [5, 5.41) is 0. The lowest BCUT2D eigenvalue weighted by Gasteiger charge is -2.05. The van der Waals surface area contributed by atoms with Gasteiger partial charge >= 0.3 is 5.97 Å². The Morgan fingerprint density at radius 3 is 2.73 bits per heavy atom. The third-order valence-corrected chi connectivity index (χ3v) is 3.07. The Morgan fingerprint density at radius 1 is 1.53 bits per heavy atom. The van der Waals surface area contributed by atoms with Crippen LogP contribution in [0.3, 0.4) is 0 Å². The molecule has 0 aliphatic rings. The number of carbonyl (C=O) groups excluding carboxylic acids is 1. The molecule has 3 nitrogen and oxygen atoms in total. The van der Waals surface area contributed by atoms with Gasteiger partial charge in [0.25, 0.3) is 0 Å². The fourth-order valence-electron chi connectivity index (χ4n) is 0.767. The van der Waals surface area contributed by atoms with E-state index < -0.39 is 14.6 Å². The van der Waals surface area contributed by atoms with E-state index in [0.717, 1.165) is 12.5 Å². The molecule has 0 saturated carbocycles. The van der Waals surface area contributed by atoms with Gasteiger partial charge in [0.2, 0.25) is 0 Å². The van der Waals surface area contributed by atoms with Crippen molar-refractivity contribution >= 4 is 38.9 Å². The molecule has 0 aromatic carbocycles. The number of halogens is 2. The fourth-order valence-corrected chi connectivity index (χ4v) is 2.26. The minimum Gasteiger partial charge on any atom is -0.462 e. The van der Waals surface area contributed by atoms with E-state index in [1.54, 1.807) is 6.92 Å². The van der Waals surface area contributed by atoms with Gasteiger partial charge in [0, 0.05) is 5.57 Å². The normalized spacial score (nSPS) is 11.2. The van der Waals surface area contributed by atoms with Crippen LogP contribution in [0.5, 0.6) is 0 Å². The van der Waals surface area contributed by atoms with Crippen LogP contribution in [0.2, 0.25) is 6.04 Å². The minimum atomic E-state index is -0.578. The zero-order valence-electron chi connectivity index (χ0n) is 8.80. The van der Waals surface area contributed by atoms with Gasteiger partial charge in [0.05, 0.1) is 13.2 Å². The molecule has 0 aliphatic heterocycles. The van der Waals surface area contributed by atoms with Gasteiger partial charge in [-0.25, -0.2) is 4.79 Å². The van der Waals surface area contributed by atoms with Crippen LogP contribution in [0.15, 0.2) is 12.2 Å². The quantitative estimate of drug-likeness (QED) is 0.222. The lowest BCUT2D eigenvalue weighted by atomic mass is 10.4. The number of ether oxygens (including phenoxy) is 1. The second kappa shape index (κ2) is 9.21. The van der Waals surface area contributed by atoms with Crippen molar-refractivity contribution in [1.29, 1.82) is 0 Å². The average molecular weight is 271 g/mol. The largest absolute Gasteiger partial charge is 0.462 e. The summed E-state index contributed by atoms with van der Waals surface area (Å²) in [5.41, 5.74) is 0.426. The van der Waals surface area contributed by atoms with Crippen molar-refractivity contribution in [3.8, 4) is 0 Å². The summed E-state index contributed by atoms with van der Waals surface area (Å²) < 4.78 is 10.2. The fraction of sp³-hybridized carbons (Fsp3) is 0.667. The molecule has 0 aromatic rings. The predicted molar refractivity (Wildman–Crippen MR) is 65.2 cm³/mol. The second-order valence-corrected chi connectivity index (χ2v) is 5.89. The van der Waals surface area contributed by atoms with Crippen LogP contribution in [0.1, 0.15) is 13.3 Å². The van der Waals surface area contributed by atoms with Crippen molar-refractivity contribution in [2.45, 2.75) is 24.2 Å². The lowest BCUT2D eigenvalue weighted by molar-refractivity contribution is -0.138. The van der Waals surface area contributed by atoms with Gasteiger partial charge in [0.15, 0.2) is 9.76 Å². The molecule has 88 valence electrons. The van der Waals surface area contributed by atoms with E-state index in [0.29, 0.717) is 18.8 Å². The van der Waals surface area contributed by atoms with E-state index in [2.05, 4.69) is 6.58 Å². The van der Waals surface area contributed by atoms with Crippen LogP contribution in [0.4, 0.5) is 0 Å². The highest BCUT2D eigenvalue weighted by molar-refractivity contribution is 6.44. The molecule has 0 heterocycles.